The largest absolute Gasteiger partial charge is 0.480 e. The number of aliphatic carboxylic acids is 1. The third-order valence-corrected chi connectivity index (χ3v) is 4.69. The molecule has 1 saturated heterocycles. The van der Waals surface area contributed by atoms with Crippen molar-refractivity contribution in [2.24, 2.45) is 0 Å². The van der Waals surface area contributed by atoms with Crippen molar-refractivity contribution in [1.29, 1.82) is 0 Å². The van der Waals surface area contributed by atoms with Crippen molar-refractivity contribution in [2.45, 2.75) is 44.1 Å². The number of carboxylic acid groups (broad SMARTS) is 1. The molecule has 3 rings (SSSR count). The Balaban J connectivity index is 1.92. The summed E-state index contributed by atoms with van der Waals surface area (Å²) in [6, 6.07) is 8.19. The first kappa shape index (κ1) is 12.7. The van der Waals surface area contributed by atoms with Crippen molar-refractivity contribution in [3.8, 4) is 0 Å². The number of fused-ring (bicyclic) bond motifs is 1. The molecule has 0 radical (unpaired) electrons. The van der Waals surface area contributed by atoms with E-state index in [2.05, 4.69) is 17.0 Å². The minimum absolute atomic E-state index is 0.648. The van der Waals surface area contributed by atoms with Crippen molar-refractivity contribution >= 4 is 5.97 Å². The topological polar surface area (TPSA) is 40.5 Å². The van der Waals surface area contributed by atoms with Gasteiger partial charge in [-0.1, -0.05) is 37.1 Å². The number of rotatable bonds is 2. The zero-order valence-electron chi connectivity index (χ0n) is 11.3. The van der Waals surface area contributed by atoms with Gasteiger partial charge in [-0.25, -0.2) is 0 Å². The fourth-order valence-electron chi connectivity index (χ4n) is 3.60. The zero-order valence-corrected chi connectivity index (χ0v) is 11.3. The van der Waals surface area contributed by atoms with Crippen LogP contribution in [-0.4, -0.2) is 34.6 Å². The molecule has 1 aliphatic carbocycles. The molecule has 19 heavy (non-hydrogen) atoms. The third kappa shape index (κ3) is 2.16. The molecule has 0 bridgehead atoms. The Bertz CT molecular complexity index is 450. The Kier molecular flexibility index (Phi) is 3.31. The SMILES string of the molecule is O=C(O)C1(N2CCCCCC2)Cc2ccccc2C1. The summed E-state index contributed by atoms with van der Waals surface area (Å²) in [7, 11) is 0. The van der Waals surface area contributed by atoms with Crippen LogP contribution < -0.4 is 0 Å². The molecule has 1 aromatic carbocycles. The highest BCUT2D eigenvalue weighted by molar-refractivity contribution is 5.81. The number of likely N-dealkylation sites (tertiary alicyclic amines) is 1. The fraction of sp³-hybridized carbons (Fsp3) is 0.562. The maximum Gasteiger partial charge on any atom is 0.324 e. The van der Waals surface area contributed by atoms with Crippen molar-refractivity contribution in [3.05, 3.63) is 35.4 Å². The van der Waals surface area contributed by atoms with E-state index in [4.69, 9.17) is 0 Å². The van der Waals surface area contributed by atoms with E-state index in [0.29, 0.717) is 12.8 Å². The molecule has 0 atom stereocenters. The van der Waals surface area contributed by atoms with Crippen LogP contribution in [0, 0.1) is 0 Å². The number of hydrogen-bond acceptors (Lipinski definition) is 2. The van der Waals surface area contributed by atoms with Crippen LogP contribution >= 0.6 is 0 Å². The average molecular weight is 259 g/mol. The minimum Gasteiger partial charge on any atom is -0.480 e. The van der Waals surface area contributed by atoms with E-state index in [0.717, 1.165) is 25.9 Å². The normalized spacial score (nSPS) is 22.7. The Morgan fingerprint density at radius 1 is 1.00 bits per heavy atom. The summed E-state index contributed by atoms with van der Waals surface area (Å²) >= 11 is 0. The van der Waals surface area contributed by atoms with Gasteiger partial charge in [-0.2, -0.15) is 0 Å². The quantitative estimate of drug-likeness (QED) is 0.887. The van der Waals surface area contributed by atoms with Crippen LogP contribution in [0.5, 0.6) is 0 Å². The van der Waals surface area contributed by atoms with Crippen molar-refractivity contribution in [3.63, 3.8) is 0 Å². The number of hydrogen-bond donors (Lipinski definition) is 1. The molecule has 0 amide bonds. The number of carbonyl (C=O) groups is 1. The molecule has 102 valence electrons. The standard InChI is InChI=1S/C16H21NO2/c18-15(19)16(17-9-5-1-2-6-10-17)11-13-7-3-4-8-14(13)12-16/h3-4,7-8H,1-2,5-6,9-12H2,(H,18,19). The molecular weight excluding hydrogens is 238 g/mol. The van der Waals surface area contributed by atoms with E-state index >= 15 is 0 Å². The Morgan fingerprint density at radius 2 is 1.53 bits per heavy atom. The van der Waals surface area contributed by atoms with Crippen LogP contribution in [-0.2, 0) is 17.6 Å². The number of nitrogens with zero attached hydrogens (tertiary/aromatic N) is 1. The molecule has 1 aliphatic heterocycles. The highest BCUT2D eigenvalue weighted by Gasteiger charge is 2.48. The molecule has 3 heteroatoms. The first-order valence-electron chi connectivity index (χ1n) is 7.28. The lowest BCUT2D eigenvalue weighted by Crippen LogP contribution is -2.56. The van der Waals surface area contributed by atoms with Crippen molar-refractivity contribution in [1.82, 2.24) is 4.90 Å². The summed E-state index contributed by atoms with van der Waals surface area (Å²) in [6.07, 6.45) is 6.06. The second kappa shape index (κ2) is 4.97. The predicted octanol–water partition coefficient (Wildman–Crippen LogP) is 2.48. The van der Waals surface area contributed by atoms with Crippen LogP contribution in [0.3, 0.4) is 0 Å². The molecule has 1 heterocycles. The Hall–Kier alpha value is -1.35. The van der Waals surface area contributed by atoms with Gasteiger partial charge < -0.3 is 5.11 Å². The van der Waals surface area contributed by atoms with Gasteiger partial charge in [0.25, 0.3) is 0 Å². The van der Waals surface area contributed by atoms with Gasteiger partial charge in [0.15, 0.2) is 0 Å². The summed E-state index contributed by atoms with van der Waals surface area (Å²) in [5, 5.41) is 9.84. The summed E-state index contributed by atoms with van der Waals surface area (Å²) in [5.74, 6) is -0.648. The van der Waals surface area contributed by atoms with Crippen LogP contribution in [0.1, 0.15) is 36.8 Å². The van der Waals surface area contributed by atoms with Crippen LogP contribution in [0.15, 0.2) is 24.3 Å². The Labute approximate surface area is 114 Å². The highest BCUT2D eigenvalue weighted by atomic mass is 16.4. The summed E-state index contributed by atoms with van der Waals surface area (Å²) < 4.78 is 0. The van der Waals surface area contributed by atoms with Gasteiger partial charge in [-0.15, -0.1) is 0 Å². The monoisotopic (exact) mass is 259 g/mol. The molecular formula is C16H21NO2. The molecule has 0 unspecified atom stereocenters. The molecule has 0 aromatic heterocycles. The second-order valence-corrected chi connectivity index (χ2v) is 5.86. The third-order valence-electron chi connectivity index (χ3n) is 4.69. The van der Waals surface area contributed by atoms with Crippen LogP contribution in [0.25, 0.3) is 0 Å². The summed E-state index contributed by atoms with van der Waals surface area (Å²) in [5.41, 5.74) is 1.75. The highest BCUT2D eigenvalue weighted by Crippen LogP contribution is 2.36. The fourth-order valence-corrected chi connectivity index (χ4v) is 3.60. The molecule has 0 saturated carbocycles. The first-order chi connectivity index (χ1) is 9.22. The van der Waals surface area contributed by atoms with E-state index < -0.39 is 11.5 Å². The molecule has 0 spiro atoms. The number of carboxylic acids is 1. The van der Waals surface area contributed by atoms with Gasteiger partial charge in [0, 0.05) is 12.8 Å². The van der Waals surface area contributed by atoms with E-state index in [1.807, 2.05) is 12.1 Å². The molecule has 1 N–H and O–H groups in total. The maximum absolute atomic E-state index is 12.0. The van der Waals surface area contributed by atoms with E-state index in [-0.39, 0.29) is 0 Å². The average Bonchev–Trinajstić information content (AvgIpc) is 2.60. The predicted molar refractivity (Wildman–Crippen MR) is 74.3 cm³/mol. The van der Waals surface area contributed by atoms with Gasteiger partial charge in [-0.05, 0) is 37.1 Å². The summed E-state index contributed by atoms with van der Waals surface area (Å²) in [6.45, 7) is 1.86. The van der Waals surface area contributed by atoms with Crippen LogP contribution in [0.2, 0.25) is 0 Å². The molecule has 1 fully saturated rings. The lowest BCUT2D eigenvalue weighted by Gasteiger charge is -2.37. The molecule has 2 aliphatic rings. The van der Waals surface area contributed by atoms with E-state index in [9.17, 15) is 9.90 Å². The van der Waals surface area contributed by atoms with Crippen LogP contribution in [0.4, 0.5) is 0 Å². The molecule has 1 aromatic rings. The number of benzene rings is 1. The van der Waals surface area contributed by atoms with Gasteiger partial charge in [0.2, 0.25) is 0 Å². The lowest BCUT2D eigenvalue weighted by atomic mass is 9.93. The zero-order chi connectivity index (χ0) is 13.3. The first-order valence-corrected chi connectivity index (χ1v) is 7.28. The Morgan fingerprint density at radius 3 is 2.00 bits per heavy atom. The van der Waals surface area contributed by atoms with Crippen molar-refractivity contribution < 1.29 is 9.90 Å². The van der Waals surface area contributed by atoms with Crippen molar-refractivity contribution in [2.75, 3.05) is 13.1 Å². The minimum atomic E-state index is -0.686. The maximum atomic E-state index is 12.0. The molecule has 3 nitrogen and oxygen atoms in total. The van der Waals surface area contributed by atoms with E-state index in [1.165, 1.54) is 24.0 Å². The second-order valence-electron chi connectivity index (χ2n) is 5.86. The summed E-state index contributed by atoms with van der Waals surface area (Å²) in [4.78, 5) is 14.2. The van der Waals surface area contributed by atoms with Gasteiger partial charge in [0.05, 0.1) is 0 Å². The smallest absolute Gasteiger partial charge is 0.324 e. The van der Waals surface area contributed by atoms with Gasteiger partial charge >= 0.3 is 5.97 Å². The van der Waals surface area contributed by atoms with Gasteiger partial charge in [0.1, 0.15) is 5.54 Å². The van der Waals surface area contributed by atoms with Gasteiger partial charge in [-0.3, -0.25) is 9.69 Å². The van der Waals surface area contributed by atoms with E-state index in [1.54, 1.807) is 0 Å². The lowest BCUT2D eigenvalue weighted by molar-refractivity contribution is -0.151.